The molecule has 140 valence electrons. The lowest BCUT2D eigenvalue weighted by molar-refractivity contribution is 0.0977. The summed E-state index contributed by atoms with van der Waals surface area (Å²) >= 11 is 0. The van der Waals surface area contributed by atoms with Crippen LogP contribution in [0.25, 0.3) is 11.3 Å². The van der Waals surface area contributed by atoms with Crippen LogP contribution in [-0.2, 0) is 0 Å². The third-order valence-corrected chi connectivity index (χ3v) is 5.20. The predicted octanol–water partition coefficient (Wildman–Crippen LogP) is 1.59. The zero-order valence-electron chi connectivity index (χ0n) is 14.7. The minimum Gasteiger partial charge on any atom is -0.364 e. The average Bonchev–Trinajstić information content (AvgIpc) is 3.44. The van der Waals surface area contributed by atoms with Crippen molar-refractivity contribution in [2.45, 2.75) is 24.4 Å². The van der Waals surface area contributed by atoms with Crippen molar-refractivity contribution >= 4 is 5.91 Å². The van der Waals surface area contributed by atoms with Crippen LogP contribution in [0.15, 0.2) is 59.6 Å². The first-order chi connectivity index (χ1) is 13.7. The van der Waals surface area contributed by atoms with E-state index in [1.54, 1.807) is 28.0 Å². The van der Waals surface area contributed by atoms with Gasteiger partial charge in [0.05, 0.1) is 24.5 Å². The molecule has 5 rings (SSSR count). The van der Waals surface area contributed by atoms with Crippen molar-refractivity contribution < 1.29 is 9.32 Å². The minimum absolute atomic E-state index is 0.00782. The van der Waals surface area contributed by atoms with Crippen molar-refractivity contribution in [3.05, 3.63) is 66.4 Å². The molecule has 1 amide bonds. The van der Waals surface area contributed by atoms with E-state index >= 15 is 0 Å². The van der Waals surface area contributed by atoms with E-state index in [-0.39, 0.29) is 23.7 Å². The van der Waals surface area contributed by atoms with E-state index in [4.69, 9.17) is 10.3 Å². The van der Waals surface area contributed by atoms with Gasteiger partial charge in [-0.15, -0.1) is 10.2 Å². The number of benzene rings is 1. The molecule has 0 aliphatic heterocycles. The maximum absolute atomic E-state index is 12.1. The van der Waals surface area contributed by atoms with Crippen molar-refractivity contribution in [3.8, 4) is 11.3 Å². The lowest BCUT2D eigenvalue weighted by Gasteiger charge is -2.44. The molecule has 3 aromatic heterocycles. The highest BCUT2D eigenvalue weighted by atomic mass is 16.5. The summed E-state index contributed by atoms with van der Waals surface area (Å²) in [5.41, 5.74) is 7.26. The smallest absolute Gasteiger partial charge is 0.271 e. The van der Waals surface area contributed by atoms with Crippen molar-refractivity contribution in [1.29, 1.82) is 0 Å². The summed E-state index contributed by atoms with van der Waals surface area (Å²) in [5.74, 6) is -0.177. The van der Waals surface area contributed by atoms with E-state index in [0.717, 1.165) is 5.56 Å². The Bertz CT molecular complexity index is 1090. The molecular weight excluding hydrogens is 360 g/mol. The van der Waals surface area contributed by atoms with Crippen LogP contribution in [0, 0.1) is 0 Å². The summed E-state index contributed by atoms with van der Waals surface area (Å²) in [7, 11) is 0. The standard InChI is InChI=1S/C18H16N8O2/c19-18(27)15-14(17(28-22-15)11-4-2-1-3-5-11)12-10-13(25-8-6-20-23-25)16(12)26-9-7-21-24-26/h1-9,12-13,16H,10H2,(H2,19,27). The SMILES string of the molecule is NC(=O)c1noc(-c2ccccc2)c1C1CC(n2ccnn2)C1n1ccnn1. The Balaban J connectivity index is 1.62. The molecule has 3 atom stereocenters. The summed E-state index contributed by atoms with van der Waals surface area (Å²) in [4.78, 5) is 12.1. The monoisotopic (exact) mass is 376 g/mol. The molecule has 0 radical (unpaired) electrons. The molecule has 1 aromatic carbocycles. The Kier molecular flexibility index (Phi) is 3.75. The molecule has 4 aromatic rings. The van der Waals surface area contributed by atoms with Gasteiger partial charge in [0.2, 0.25) is 0 Å². The maximum Gasteiger partial charge on any atom is 0.271 e. The molecule has 1 fully saturated rings. The van der Waals surface area contributed by atoms with Gasteiger partial charge in [-0.3, -0.25) is 4.79 Å². The van der Waals surface area contributed by atoms with Gasteiger partial charge in [-0.2, -0.15) is 0 Å². The predicted molar refractivity (Wildman–Crippen MR) is 95.9 cm³/mol. The Morgan fingerprint density at radius 1 is 1.07 bits per heavy atom. The van der Waals surface area contributed by atoms with E-state index in [0.29, 0.717) is 17.7 Å². The van der Waals surface area contributed by atoms with Crippen LogP contribution >= 0.6 is 0 Å². The van der Waals surface area contributed by atoms with Gasteiger partial charge in [0.25, 0.3) is 5.91 Å². The van der Waals surface area contributed by atoms with E-state index in [9.17, 15) is 4.79 Å². The summed E-state index contributed by atoms with van der Waals surface area (Å²) in [5, 5.41) is 20.1. The second-order valence-electron chi connectivity index (χ2n) is 6.67. The van der Waals surface area contributed by atoms with Gasteiger partial charge in [0, 0.05) is 29.4 Å². The number of amides is 1. The number of primary amides is 1. The second kappa shape index (κ2) is 6.41. The molecule has 10 heteroatoms. The van der Waals surface area contributed by atoms with E-state index < -0.39 is 5.91 Å². The third-order valence-electron chi connectivity index (χ3n) is 5.20. The van der Waals surface area contributed by atoms with Crippen LogP contribution in [0.1, 0.15) is 40.5 Å². The van der Waals surface area contributed by atoms with Gasteiger partial charge in [-0.1, -0.05) is 45.9 Å². The number of hydrogen-bond acceptors (Lipinski definition) is 7. The first-order valence-corrected chi connectivity index (χ1v) is 8.80. The fourth-order valence-electron chi connectivity index (χ4n) is 3.91. The van der Waals surface area contributed by atoms with Gasteiger partial charge in [-0.25, -0.2) is 9.36 Å². The Hall–Kier alpha value is -3.82. The Morgan fingerprint density at radius 2 is 1.79 bits per heavy atom. The average molecular weight is 376 g/mol. The quantitative estimate of drug-likeness (QED) is 0.559. The normalized spacial score (nSPS) is 21.4. The molecule has 1 saturated carbocycles. The first-order valence-electron chi connectivity index (χ1n) is 8.80. The maximum atomic E-state index is 12.1. The minimum atomic E-state index is -0.623. The number of carbonyl (C=O) groups is 1. The number of nitrogens with two attached hydrogens (primary N) is 1. The van der Waals surface area contributed by atoms with Crippen LogP contribution < -0.4 is 5.73 Å². The summed E-state index contributed by atoms with van der Waals surface area (Å²) in [6, 6.07) is 9.41. The number of aromatic nitrogens is 7. The van der Waals surface area contributed by atoms with Crippen LogP contribution in [0.4, 0.5) is 0 Å². The van der Waals surface area contributed by atoms with Crippen LogP contribution in [-0.4, -0.2) is 41.1 Å². The van der Waals surface area contributed by atoms with Crippen molar-refractivity contribution in [3.63, 3.8) is 0 Å². The zero-order chi connectivity index (χ0) is 19.1. The zero-order valence-corrected chi connectivity index (χ0v) is 14.7. The molecule has 1 aliphatic carbocycles. The fourth-order valence-corrected chi connectivity index (χ4v) is 3.91. The summed E-state index contributed by atoms with van der Waals surface area (Å²) < 4.78 is 9.13. The molecule has 10 nitrogen and oxygen atoms in total. The lowest BCUT2D eigenvalue weighted by atomic mass is 9.69. The molecule has 1 aliphatic rings. The van der Waals surface area contributed by atoms with Gasteiger partial charge >= 0.3 is 0 Å². The molecule has 3 unspecified atom stereocenters. The molecular formula is C18H16N8O2. The van der Waals surface area contributed by atoms with E-state index in [1.165, 1.54) is 0 Å². The van der Waals surface area contributed by atoms with Gasteiger partial charge in [0.15, 0.2) is 11.5 Å². The molecule has 28 heavy (non-hydrogen) atoms. The Morgan fingerprint density at radius 3 is 2.43 bits per heavy atom. The highest BCUT2D eigenvalue weighted by molar-refractivity contribution is 5.94. The van der Waals surface area contributed by atoms with Crippen molar-refractivity contribution in [2.75, 3.05) is 0 Å². The number of carbonyl (C=O) groups excluding carboxylic acids is 1. The van der Waals surface area contributed by atoms with Crippen molar-refractivity contribution in [2.24, 2.45) is 5.73 Å². The summed E-state index contributed by atoms with van der Waals surface area (Å²) in [6.07, 6.45) is 7.56. The van der Waals surface area contributed by atoms with Crippen molar-refractivity contribution in [1.82, 2.24) is 35.1 Å². The molecule has 3 heterocycles. The topological polar surface area (TPSA) is 131 Å². The number of rotatable bonds is 5. The Labute approximate surface area is 158 Å². The molecule has 0 saturated heterocycles. The second-order valence-corrected chi connectivity index (χ2v) is 6.67. The van der Waals surface area contributed by atoms with Crippen LogP contribution in [0.5, 0.6) is 0 Å². The molecule has 2 N–H and O–H groups in total. The third kappa shape index (κ3) is 2.49. The fraction of sp³-hybridized carbons (Fsp3) is 0.222. The van der Waals surface area contributed by atoms with Crippen LogP contribution in [0.3, 0.4) is 0 Å². The van der Waals surface area contributed by atoms with E-state index in [2.05, 4.69) is 25.8 Å². The highest BCUT2D eigenvalue weighted by Crippen LogP contribution is 2.55. The van der Waals surface area contributed by atoms with Crippen LogP contribution in [0.2, 0.25) is 0 Å². The van der Waals surface area contributed by atoms with Gasteiger partial charge in [-0.05, 0) is 6.42 Å². The van der Waals surface area contributed by atoms with E-state index in [1.807, 2.05) is 36.5 Å². The largest absolute Gasteiger partial charge is 0.364 e. The molecule has 0 spiro atoms. The van der Waals surface area contributed by atoms with Gasteiger partial charge < -0.3 is 10.3 Å². The molecule has 0 bridgehead atoms. The summed E-state index contributed by atoms with van der Waals surface area (Å²) in [6.45, 7) is 0. The number of hydrogen-bond donors (Lipinski definition) is 1. The highest BCUT2D eigenvalue weighted by Gasteiger charge is 2.49. The lowest BCUT2D eigenvalue weighted by Crippen LogP contribution is -2.40. The van der Waals surface area contributed by atoms with Gasteiger partial charge in [0.1, 0.15) is 0 Å². The first kappa shape index (κ1) is 16.4. The number of nitrogens with zero attached hydrogens (tertiary/aromatic N) is 7.